The minimum absolute atomic E-state index is 0.503. The van der Waals surface area contributed by atoms with Crippen LogP contribution in [0.25, 0.3) is 11.1 Å². The number of aromatic nitrogens is 2. The Morgan fingerprint density at radius 1 is 1.12 bits per heavy atom. The summed E-state index contributed by atoms with van der Waals surface area (Å²) in [5.74, 6) is 0.924. The summed E-state index contributed by atoms with van der Waals surface area (Å²) in [5.41, 5.74) is 9.59. The summed E-state index contributed by atoms with van der Waals surface area (Å²) in [6.07, 6.45) is 4.22. The molecule has 6 heteroatoms. The van der Waals surface area contributed by atoms with Crippen LogP contribution in [-0.4, -0.2) is 60.8 Å². The third-order valence-corrected chi connectivity index (χ3v) is 6.95. The highest BCUT2D eigenvalue weighted by atomic mass is 16.5. The largest absolute Gasteiger partial charge is 0.383 e. The normalized spacial score (nSPS) is 18.0. The Hall–Kier alpha value is -3.09. The third kappa shape index (κ3) is 4.88. The monoisotopic (exact) mass is 457 g/mol. The summed E-state index contributed by atoms with van der Waals surface area (Å²) in [6.45, 7) is 9.04. The Kier molecular flexibility index (Phi) is 6.70. The van der Waals surface area contributed by atoms with E-state index in [1.807, 2.05) is 6.20 Å². The Bertz CT molecular complexity index is 1160. The maximum Gasteiger partial charge on any atom is 0.138 e. The first kappa shape index (κ1) is 22.7. The SMILES string of the molecule is COCCN1CCC(Nc2ccc3c(c2)/C(=C(\c2ccc(C)cc2)c2ncc(C)[nH]2)CN3)CC1. The van der Waals surface area contributed by atoms with Gasteiger partial charge in [0.15, 0.2) is 0 Å². The van der Waals surface area contributed by atoms with Crippen molar-refractivity contribution < 1.29 is 4.74 Å². The van der Waals surface area contributed by atoms with E-state index in [0.717, 1.165) is 57.1 Å². The second-order valence-corrected chi connectivity index (χ2v) is 9.50. The van der Waals surface area contributed by atoms with E-state index in [-0.39, 0.29) is 0 Å². The van der Waals surface area contributed by atoms with E-state index in [9.17, 15) is 0 Å². The van der Waals surface area contributed by atoms with Gasteiger partial charge in [0.05, 0.1) is 6.61 Å². The molecule has 2 aliphatic rings. The van der Waals surface area contributed by atoms with Gasteiger partial charge in [0.1, 0.15) is 5.82 Å². The van der Waals surface area contributed by atoms with Crippen LogP contribution in [-0.2, 0) is 4.74 Å². The van der Waals surface area contributed by atoms with Crippen LogP contribution in [0.5, 0.6) is 0 Å². The van der Waals surface area contributed by atoms with Crippen LogP contribution in [0.3, 0.4) is 0 Å². The Labute approximate surface area is 202 Å². The number of hydrogen-bond donors (Lipinski definition) is 3. The number of benzene rings is 2. The van der Waals surface area contributed by atoms with Gasteiger partial charge in [-0.05, 0) is 56.0 Å². The molecule has 0 radical (unpaired) electrons. The van der Waals surface area contributed by atoms with Gasteiger partial charge in [0.25, 0.3) is 0 Å². The number of likely N-dealkylation sites (tertiary alicyclic amines) is 1. The van der Waals surface area contributed by atoms with E-state index in [2.05, 4.69) is 76.8 Å². The summed E-state index contributed by atoms with van der Waals surface area (Å²) in [4.78, 5) is 10.7. The van der Waals surface area contributed by atoms with Crippen LogP contribution in [0, 0.1) is 13.8 Å². The molecule has 3 aromatic rings. The van der Waals surface area contributed by atoms with Crippen LogP contribution in [0.2, 0.25) is 0 Å². The van der Waals surface area contributed by atoms with E-state index in [1.54, 1.807) is 7.11 Å². The quantitative estimate of drug-likeness (QED) is 0.469. The Balaban J connectivity index is 1.43. The number of H-pyrrole nitrogens is 1. The molecular formula is C28H35N5O. The molecular weight excluding hydrogens is 422 g/mol. The Morgan fingerprint density at radius 2 is 1.91 bits per heavy atom. The number of nitrogens with one attached hydrogen (secondary N) is 3. The molecule has 0 amide bonds. The molecule has 5 rings (SSSR count). The number of nitrogens with zero attached hydrogens (tertiary/aromatic N) is 2. The zero-order valence-corrected chi connectivity index (χ0v) is 20.4. The van der Waals surface area contributed by atoms with E-state index < -0.39 is 0 Å². The van der Waals surface area contributed by atoms with Gasteiger partial charge < -0.3 is 25.3 Å². The fourth-order valence-electron chi connectivity index (χ4n) is 5.01. The molecule has 3 heterocycles. The highest BCUT2D eigenvalue weighted by Crippen LogP contribution is 2.40. The van der Waals surface area contributed by atoms with Crippen molar-refractivity contribution in [2.45, 2.75) is 32.7 Å². The van der Waals surface area contributed by atoms with E-state index in [0.29, 0.717) is 6.04 Å². The molecule has 0 aliphatic carbocycles. The molecule has 0 bridgehead atoms. The summed E-state index contributed by atoms with van der Waals surface area (Å²) < 4.78 is 5.24. The topological polar surface area (TPSA) is 65.2 Å². The van der Waals surface area contributed by atoms with Crippen molar-refractivity contribution in [2.24, 2.45) is 0 Å². The van der Waals surface area contributed by atoms with Crippen LogP contribution in [0.1, 0.15) is 41.1 Å². The van der Waals surface area contributed by atoms with Crippen LogP contribution >= 0.6 is 0 Å². The van der Waals surface area contributed by atoms with E-state index in [1.165, 1.54) is 39.2 Å². The summed E-state index contributed by atoms with van der Waals surface area (Å²) >= 11 is 0. The van der Waals surface area contributed by atoms with Crippen molar-refractivity contribution in [1.82, 2.24) is 14.9 Å². The van der Waals surface area contributed by atoms with E-state index >= 15 is 0 Å². The maximum atomic E-state index is 5.24. The molecule has 178 valence electrons. The second-order valence-electron chi connectivity index (χ2n) is 9.50. The molecule has 1 fully saturated rings. The second kappa shape index (κ2) is 10.0. The standard InChI is InChI=1S/C28H35N5O/c1-19-4-6-21(7-5-19)27(28-30-17-20(2)31-28)25-18-29-26-9-8-23(16-24(25)26)32-22-10-12-33(13-11-22)14-15-34-3/h4-9,16-17,22,29,32H,10-15,18H2,1-3H3,(H,30,31)/b27-25+. The average Bonchev–Trinajstić information content (AvgIpc) is 3.46. The zero-order chi connectivity index (χ0) is 23.5. The maximum absolute atomic E-state index is 5.24. The van der Waals surface area contributed by atoms with Crippen molar-refractivity contribution in [3.8, 4) is 0 Å². The van der Waals surface area contributed by atoms with Gasteiger partial charge in [-0.15, -0.1) is 0 Å². The van der Waals surface area contributed by atoms with Gasteiger partial charge in [-0.25, -0.2) is 4.98 Å². The average molecular weight is 458 g/mol. The van der Waals surface area contributed by atoms with Gasteiger partial charge in [-0.1, -0.05) is 29.8 Å². The predicted molar refractivity (Wildman–Crippen MR) is 140 cm³/mol. The number of aromatic amines is 1. The lowest BCUT2D eigenvalue weighted by Crippen LogP contribution is -2.40. The lowest BCUT2D eigenvalue weighted by Gasteiger charge is -2.32. The van der Waals surface area contributed by atoms with Gasteiger partial charge in [-0.3, -0.25) is 0 Å². The van der Waals surface area contributed by atoms with Crippen molar-refractivity contribution in [3.05, 3.63) is 76.9 Å². The van der Waals surface area contributed by atoms with Gasteiger partial charge in [0, 0.05) is 73.7 Å². The number of hydrogen-bond acceptors (Lipinski definition) is 5. The summed E-state index contributed by atoms with van der Waals surface area (Å²) in [7, 11) is 1.77. The number of methoxy groups -OCH3 is 1. The third-order valence-electron chi connectivity index (χ3n) is 6.95. The fourth-order valence-corrected chi connectivity index (χ4v) is 5.01. The number of rotatable bonds is 7. The minimum Gasteiger partial charge on any atom is -0.383 e. The van der Waals surface area contributed by atoms with Gasteiger partial charge >= 0.3 is 0 Å². The van der Waals surface area contributed by atoms with E-state index in [4.69, 9.17) is 9.72 Å². The molecule has 0 atom stereocenters. The molecule has 0 spiro atoms. The fraction of sp³-hybridized carbons (Fsp3) is 0.393. The molecule has 3 N–H and O–H groups in total. The van der Waals surface area contributed by atoms with Crippen molar-refractivity contribution >= 4 is 22.5 Å². The van der Waals surface area contributed by atoms with Gasteiger partial charge in [-0.2, -0.15) is 0 Å². The molecule has 1 aromatic heterocycles. The lowest BCUT2D eigenvalue weighted by atomic mass is 9.94. The number of fused-ring (bicyclic) bond motifs is 1. The molecule has 34 heavy (non-hydrogen) atoms. The molecule has 0 saturated carbocycles. The van der Waals surface area contributed by atoms with Crippen LogP contribution < -0.4 is 10.6 Å². The first-order valence-electron chi connectivity index (χ1n) is 12.3. The molecule has 2 aromatic carbocycles. The minimum atomic E-state index is 0.503. The summed E-state index contributed by atoms with van der Waals surface area (Å²) in [6, 6.07) is 16.0. The van der Waals surface area contributed by atoms with Crippen LogP contribution in [0.4, 0.5) is 11.4 Å². The first-order chi connectivity index (χ1) is 16.6. The van der Waals surface area contributed by atoms with Crippen molar-refractivity contribution in [2.75, 3.05) is 50.5 Å². The Morgan fingerprint density at radius 3 is 2.62 bits per heavy atom. The van der Waals surface area contributed by atoms with Crippen molar-refractivity contribution in [3.63, 3.8) is 0 Å². The predicted octanol–water partition coefficient (Wildman–Crippen LogP) is 4.93. The number of piperidine rings is 1. The zero-order valence-electron chi connectivity index (χ0n) is 20.4. The number of aryl methyl sites for hydroxylation is 2. The number of imidazole rings is 1. The molecule has 6 nitrogen and oxygen atoms in total. The number of ether oxygens (including phenoxy) is 1. The molecule has 2 aliphatic heterocycles. The molecule has 0 unspecified atom stereocenters. The first-order valence-corrected chi connectivity index (χ1v) is 12.3. The lowest BCUT2D eigenvalue weighted by molar-refractivity contribution is 0.132. The smallest absolute Gasteiger partial charge is 0.138 e. The highest BCUT2D eigenvalue weighted by molar-refractivity contribution is 6.03. The molecule has 1 saturated heterocycles. The van der Waals surface area contributed by atoms with Crippen LogP contribution in [0.15, 0.2) is 48.7 Å². The van der Waals surface area contributed by atoms with Gasteiger partial charge in [0.2, 0.25) is 0 Å². The number of anilines is 2. The highest BCUT2D eigenvalue weighted by Gasteiger charge is 2.24. The van der Waals surface area contributed by atoms with Crippen molar-refractivity contribution in [1.29, 1.82) is 0 Å². The summed E-state index contributed by atoms with van der Waals surface area (Å²) in [5, 5.41) is 7.40.